The van der Waals surface area contributed by atoms with Crippen LogP contribution < -0.4 is 5.46 Å². The van der Waals surface area contributed by atoms with Gasteiger partial charge in [0.2, 0.25) is 0 Å². The molecular formula is C24H15BN2O2. The number of aromatic amines is 1. The molecule has 2 radical (unpaired) electrons. The summed E-state index contributed by atoms with van der Waals surface area (Å²) in [6.07, 6.45) is 0. The lowest BCUT2D eigenvalue weighted by molar-refractivity contribution is 0.101. The van der Waals surface area contributed by atoms with Gasteiger partial charge < -0.3 is 10.1 Å². The first-order valence-electron chi connectivity index (χ1n) is 9.22. The van der Waals surface area contributed by atoms with Crippen molar-refractivity contribution in [3.8, 4) is 28.3 Å². The van der Waals surface area contributed by atoms with Gasteiger partial charge >= 0.3 is 0 Å². The molecule has 1 aliphatic rings. The lowest BCUT2D eigenvalue weighted by atomic mass is 9.93. The van der Waals surface area contributed by atoms with Crippen LogP contribution >= 0.6 is 0 Å². The number of nitrogens with zero attached hydrogens (tertiary/aromatic N) is 1. The predicted octanol–water partition coefficient (Wildman–Crippen LogP) is 3.84. The topological polar surface area (TPSA) is 65.5 Å². The van der Waals surface area contributed by atoms with Gasteiger partial charge in [-0.05, 0) is 16.7 Å². The van der Waals surface area contributed by atoms with Gasteiger partial charge in [0.15, 0.2) is 5.88 Å². The van der Waals surface area contributed by atoms with Crippen molar-refractivity contribution < 1.29 is 9.90 Å². The van der Waals surface area contributed by atoms with Gasteiger partial charge in [-0.3, -0.25) is 4.79 Å². The van der Waals surface area contributed by atoms with Crippen LogP contribution in [0.4, 0.5) is 0 Å². The highest BCUT2D eigenvalue weighted by Crippen LogP contribution is 2.38. The number of amides is 1. The van der Waals surface area contributed by atoms with E-state index in [9.17, 15) is 9.90 Å². The van der Waals surface area contributed by atoms with E-state index >= 15 is 0 Å². The van der Waals surface area contributed by atoms with Gasteiger partial charge in [-0.2, -0.15) is 0 Å². The number of aliphatic imine (C=N–C) groups is 1. The number of hydrogen-bond donors (Lipinski definition) is 2. The summed E-state index contributed by atoms with van der Waals surface area (Å²) in [5, 5.41) is 10.5. The zero-order chi connectivity index (χ0) is 20.0. The maximum Gasteiger partial charge on any atom is 0.280 e. The zero-order valence-electron chi connectivity index (χ0n) is 15.4. The minimum Gasteiger partial charge on any atom is -0.494 e. The molecule has 0 atom stereocenters. The van der Waals surface area contributed by atoms with E-state index in [2.05, 4.69) is 9.98 Å². The third kappa shape index (κ3) is 2.88. The lowest BCUT2D eigenvalue weighted by Gasteiger charge is -2.04. The summed E-state index contributed by atoms with van der Waals surface area (Å²) in [7, 11) is 5.75. The molecule has 0 bridgehead atoms. The molecule has 1 amide bonds. The molecule has 136 valence electrons. The Hall–Kier alpha value is -3.86. The van der Waals surface area contributed by atoms with Gasteiger partial charge in [0.25, 0.3) is 5.91 Å². The Morgan fingerprint density at radius 2 is 1.31 bits per heavy atom. The Kier molecular flexibility index (Phi) is 3.95. The Labute approximate surface area is 169 Å². The summed E-state index contributed by atoms with van der Waals surface area (Å²) in [5.41, 5.74) is 6.19. The maximum atomic E-state index is 12.7. The molecule has 0 saturated heterocycles. The Bertz CT molecular complexity index is 1250. The van der Waals surface area contributed by atoms with Crippen molar-refractivity contribution in [3.63, 3.8) is 0 Å². The molecule has 3 aromatic carbocycles. The highest BCUT2D eigenvalue weighted by atomic mass is 16.3. The molecule has 4 nitrogen and oxygen atoms in total. The number of hydrogen-bond acceptors (Lipinski definition) is 2. The van der Waals surface area contributed by atoms with Crippen LogP contribution in [0.1, 0.15) is 21.5 Å². The van der Waals surface area contributed by atoms with Crippen LogP contribution in [0.5, 0.6) is 5.88 Å². The largest absolute Gasteiger partial charge is 0.494 e. The van der Waals surface area contributed by atoms with Gasteiger partial charge in [-0.1, -0.05) is 84.3 Å². The fourth-order valence-corrected chi connectivity index (χ4v) is 3.67. The highest BCUT2D eigenvalue weighted by molar-refractivity contribution is 6.33. The fraction of sp³-hybridized carbons (Fsp3) is 0. The van der Waals surface area contributed by atoms with E-state index in [-0.39, 0.29) is 11.8 Å². The zero-order valence-corrected chi connectivity index (χ0v) is 15.4. The predicted molar refractivity (Wildman–Crippen MR) is 115 cm³/mol. The van der Waals surface area contributed by atoms with E-state index in [0.29, 0.717) is 28.0 Å². The Morgan fingerprint density at radius 3 is 2.00 bits per heavy atom. The average Bonchev–Trinajstić information content (AvgIpc) is 3.28. The SMILES string of the molecule is [B]c1ccc(C2=NC(=O)c3c(-c4ccc(-c5ccccc5)cc4)[nH]c(O)c32)cc1. The first kappa shape index (κ1) is 17.3. The molecule has 0 spiro atoms. The minimum absolute atomic E-state index is 0.0661. The van der Waals surface area contributed by atoms with Gasteiger partial charge in [0, 0.05) is 5.56 Å². The number of carbonyl (C=O) groups is 1. The van der Waals surface area contributed by atoms with Crippen LogP contribution in [0.3, 0.4) is 0 Å². The summed E-state index contributed by atoms with van der Waals surface area (Å²) in [6, 6.07) is 25.0. The van der Waals surface area contributed by atoms with E-state index < -0.39 is 0 Å². The van der Waals surface area contributed by atoms with Crippen LogP contribution in [0.25, 0.3) is 22.4 Å². The lowest BCUT2D eigenvalue weighted by Crippen LogP contribution is -2.05. The number of nitrogens with one attached hydrogen (secondary N) is 1. The molecule has 2 heterocycles. The van der Waals surface area contributed by atoms with E-state index in [1.807, 2.05) is 54.6 Å². The summed E-state index contributed by atoms with van der Waals surface area (Å²) >= 11 is 0. The van der Waals surface area contributed by atoms with E-state index in [4.69, 9.17) is 7.85 Å². The number of aromatic hydroxyl groups is 1. The van der Waals surface area contributed by atoms with Crippen molar-refractivity contribution in [2.75, 3.05) is 0 Å². The second-order valence-electron chi connectivity index (χ2n) is 6.93. The van der Waals surface area contributed by atoms with E-state index in [1.54, 1.807) is 24.3 Å². The number of H-pyrrole nitrogens is 1. The number of benzene rings is 3. The van der Waals surface area contributed by atoms with Gasteiger partial charge in [0.1, 0.15) is 7.85 Å². The van der Waals surface area contributed by atoms with Crippen LogP contribution in [0.2, 0.25) is 0 Å². The number of aromatic nitrogens is 1. The van der Waals surface area contributed by atoms with Crippen molar-refractivity contribution >= 4 is 24.9 Å². The monoisotopic (exact) mass is 374 g/mol. The average molecular weight is 374 g/mol. The molecule has 0 fully saturated rings. The van der Waals surface area contributed by atoms with Crippen LogP contribution in [-0.2, 0) is 0 Å². The summed E-state index contributed by atoms with van der Waals surface area (Å²) < 4.78 is 0. The third-order valence-corrected chi connectivity index (χ3v) is 5.11. The molecule has 0 saturated carbocycles. The molecular weight excluding hydrogens is 359 g/mol. The second-order valence-corrected chi connectivity index (χ2v) is 6.93. The molecule has 0 unspecified atom stereocenters. The summed E-state index contributed by atoms with van der Waals surface area (Å²) in [6.45, 7) is 0. The Morgan fingerprint density at radius 1 is 0.724 bits per heavy atom. The van der Waals surface area contributed by atoms with Gasteiger partial charge in [-0.25, -0.2) is 4.99 Å². The fourth-order valence-electron chi connectivity index (χ4n) is 3.67. The standard InChI is InChI=1S/C24H15BN2O2/c25-18-12-10-17(11-13-18)22-20-19(23(28)27-22)21(26-24(20)29)16-8-6-15(7-9-16)14-4-2-1-3-5-14/h1-13,26,29H. The van der Waals surface area contributed by atoms with E-state index in [0.717, 1.165) is 22.3 Å². The molecule has 0 aliphatic carbocycles. The van der Waals surface area contributed by atoms with Crippen LogP contribution in [0, 0.1) is 0 Å². The molecule has 4 aromatic rings. The third-order valence-electron chi connectivity index (χ3n) is 5.11. The van der Waals surface area contributed by atoms with Crippen molar-refractivity contribution in [1.29, 1.82) is 0 Å². The second kappa shape index (κ2) is 6.64. The normalized spacial score (nSPS) is 12.7. The first-order chi connectivity index (χ1) is 14.1. The molecule has 5 rings (SSSR count). The van der Waals surface area contributed by atoms with Crippen molar-refractivity contribution in [2.24, 2.45) is 4.99 Å². The quantitative estimate of drug-likeness (QED) is 0.535. The Balaban J connectivity index is 1.56. The van der Waals surface area contributed by atoms with Crippen molar-refractivity contribution in [3.05, 3.63) is 95.6 Å². The van der Waals surface area contributed by atoms with Crippen molar-refractivity contribution in [1.82, 2.24) is 4.98 Å². The molecule has 2 N–H and O–H groups in total. The van der Waals surface area contributed by atoms with Gasteiger partial charge in [-0.15, -0.1) is 0 Å². The first-order valence-corrected chi connectivity index (χ1v) is 9.22. The van der Waals surface area contributed by atoms with Crippen LogP contribution in [0.15, 0.2) is 83.9 Å². The minimum atomic E-state index is -0.370. The van der Waals surface area contributed by atoms with Crippen molar-refractivity contribution in [2.45, 2.75) is 0 Å². The maximum absolute atomic E-state index is 12.7. The molecule has 1 aliphatic heterocycles. The van der Waals surface area contributed by atoms with E-state index in [1.165, 1.54) is 0 Å². The number of carbonyl (C=O) groups excluding carboxylic acids is 1. The summed E-state index contributed by atoms with van der Waals surface area (Å²) in [4.78, 5) is 19.8. The smallest absolute Gasteiger partial charge is 0.280 e. The summed E-state index contributed by atoms with van der Waals surface area (Å²) in [5.74, 6) is -0.436. The number of fused-ring (bicyclic) bond motifs is 1. The highest BCUT2D eigenvalue weighted by Gasteiger charge is 2.33. The molecule has 29 heavy (non-hydrogen) atoms. The molecule has 1 aromatic heterocycles. The molecule has 5 heteroatoms. The van der Waals surface area contributed by atoms with Crippen LogP contribution in [-0.4, -0.2) is 29.6 Å². The van der Waals surface area contributed by atoms with Gasteiger partial charge in [0.05, 0.1) is 22.5 Å². The number of rotatable bonds is 3.